The van der Waals surface area contributed by atoms with Crippen LogP contribution in [0.25, 0.3) is 0 Å². The number of aryl methyl sites for hydroxylation is 2. The molecule has 0 aliphatic carbocycles. The standard InChI is InChI=1S/C12H16O2.2C12H18O.C12H16O.C11H16O.C10H13Br.C10H13Cl.7C2H6/c1-3-9(2)10-5-4-6-11(7-10)12(14)8-13;1-5-9(2)11-6-7-12(13-4)10(3)8-11;1-4-9(2)11-6-5-10(3)12(7-11)8-13;1-4-9(2)11-6-5-7-12(8-11)10(3)13;1-3-9(2)11-6-4-5-10(7-11)8-12;1-3-8(2)9-5-4-6-10(11)7-9;1-3-8(2)9-4-6-10(11)7-5-9;7*1-2/h4-7,9,13H,3,8H2,1-2H3;6-9H,5H2,1-4H3;5-7,9,13H,4,8H2,1-3H3;5-9H,4H2,1-3H3;4-7,9,12H,3,8H2,1-2H3;2*4-8H,3H2,1-2H3;7*1-2H3. The number of hydrogen-bond donors (Lipinski definition) is 3. The van der Waals surface area contributed by atoms with Crippen molar-refractivity contribution in [3.05, 3.63) is 240 Å². The minimum atomic E-state index is -0.413. The minimum absolute atomic E-state index is 0.143. The van der Waals surface area contributed by atoms with Crippen molar-refractivity contribution in [3.8, 4) is 5.75 Å². The Hall–Kier alpha value is -5.67. The SMILES string of the molecule is CC.CC.CC.CC.CC.CC.CC.CCC(C)c1ccc(C)c(CO)c1.CCC(C)c1ccc(Cl)cc1.CCC(C)c1ccc(OC)c(C)c1.CCC(C)c1cccc(Br)c1.CCC(C)c1cccc(C(=O)CO)c1.CCC(C)c1cccc(C(C)=O)c1.CCC(C)c1cccc(CO)c1. The number of Topliss-reactive ketones (excluding diaryl/α,β-unsaturated/α-hetero) is 2. The third-order valence-electron chi connectivity index (χ3n) is 16.7. The number of carbonyl (C=O) groups is 2. The van der Waals surface area contributed by atoms with Crippen molar-refractivity contribution in [1.82, 2.24) is 0 Å². The lowest BCUT2D eigenvalue weighted by molar-refractivity contribution is 0.0903. The molecule has 0 fully saturated rings. The molecule has 574 valence electrons. The van der Waals surface area contributed by atoms with Gasteiger partial charge in [-0.3, -0.25) is 9.59 Å². The molecule has 0 spiro atoms. The maximum Gasteiger partial charge on any atom is 0.188 e. The van der Waals surface area contributed by atoms with E-state index in [4.69, 9.17) is 31.7 Å². The number of methoxy groups -OCH3 is 1. The highest BCUT2D eigenvalue weighted by Gasteiger charge is 2.11. The van der Waals surface area contributed by atoms with E-state index in [0.717, 1.165) is 58.7 Å². The van der Waals surface area contributed by atoms with E-state index >= 15 is 0 Å². The Morgan fingerprint density at radius 2 is 0.713 bits per heavy atom. The fourth-order valence-electron chi connectivity index (χ4n) is 8.80. The van der Waals surface area contributed by atoms with E-state index in [2.05, 4.69) is 211 Å². The second-order valence-corrected chi connectivity index (χ2v) is 24.5. The topological polar surface area (TPSA) is 104 Å². The number of aliphatic hydroxyl groups excluding tert-OH is 3. The first-order valence-electron chi connectivity index (χ1n) is 38.9. The van der Waals surface area contributed by atoms with Crippen LogP contribution in [0.2, 0.25) is 5.02 Å². The van der Waals surface area contributed by atoms with Crippen LogP contribution >= 0.6 is 27.5 Å². The van der Waals surface area contributed by atoms with Crippen molar-refractivity contribution in [2.75, 3.05) is 13.7 Å². The first-order chi connectivity index (χ1) is 48.4. The van der Waals surface area contributed by atoms with Gasteiger partial charge in [-0.1, -0.05) is 337 Å². The van der Waals surface area contributed by atoms with Crippen molar-refractivity contribution < 1.29 is 29.6 Å². The van der Waals surface area contributed by atoms with E-state index < -0.39 is 6.61 Å². The number of aliphatic hydroxyl groups is 3. The normalized spacial score (nSPS) is 11.4. The summed E-state index contributed by atoms with van der Waals surface area (Å²) in [5, 5.41) is 27.6. The van der Waals surface area contributed by atoms with E-state index in [1.165, 1.54) is 68.2 Å². The van der Waals surface area contributed by atoms with Crippen LogP contribution in [0, 0.1) is 13.8 Å². The number of halogens is 2. The van der Waals surface area contributed by atoms with Crippen LogP contribution in [0.15, 0.2) is 162 Å². The smallest absolute Gasteiger partial charge is 0.188 e. The fourth-order valence-corrected chi connectivity index (χ4v) is 9.35. The molecule has 0 aliphatic heterocycles. The molecule has 0 bridgehead atoms. The van der Waals surface area contributed by atoms with Gasteiger partial charge >= 0.3 is 0 Å². The molecule has 7 aromatic rings. The molecule has 7 unspecified atom stereocenters. The van der Waals surface area contributed by atoms with E-state index in [-0.39, 0.29) is 24.8 Å². The summed E-state index contributed by atoms with van der Waals surface area (Å²) in [4.78, 5) is 22.3. The van der Waals surface area contributed by atoms with Crippen LogP contribution in [0.4, 0.5) is 0 Å². The first-order valence-corrected chi connectivity index (χ1v) is 40.0. The molecular weight excluding hydrogens is 1330 g/mol. The Morgan fingerprint density at radius 3 is 1.07 bits per heavy atom. The molecule has 0 aliphatic rings. The van der Waals surface area contributed by atoms with Gasteiger partial charge < -0.3 is 20.1 Å². The lowest BCUT2D eigenvalue weighted by Crippen LogP contribution is -2.05. The van der Waals surface area contributed by atoms with Gasteiger partial charge in [-0.15, -0.1) is 0 Å². The maximum absolute atomic E-state index is 11.2. The molecule has 3 N–H and O–H groups in total. The Morgan fingerprint density at radius 1 is 0.386 bits per heavy atom. The zero-order valence-electron chi connectivity index (χ0n) is 70.4. The number of ether oxygens (including phenoxy) is 1. The summed E-state index contributed by atoms with van der Waals surface area (Å²) >= 11 is 9.22. The fraction of sp³-hybridized carbons (Fsp3) is 0.527. The average Bonchev–Trinajstić information content (AvgIpc) is 0.897. The predicted molar refractivity (Wildman–Crippen MR) is 457 cm³/mol. The lowest BCUT2D eigenvalue weighted by atomic mass is 9.95. The van der Waals surface area contributed by atoms with E-state index in [1.54, 1.807) is 20.1 Å². The molecule has 0 radical (unpaired) electrons. The summed E-state index contributed by atoms with van der Waals surface area (Å²) < 4.78 is 6.39. The van der Waals surface area contributed by atoms with Gasteiger partial charge in [0.25, 0.3) is 0 Å². The van der Waals surface area contributed by atoms with Gasteiger partial charge in [-0.25, -0.2) is 0 Å². The molecule has 7 aromatic carbocycles. The predicted octanol–water partition coefficient (Wildman–Crippen LogP) is 30.0. The zero-order chi connectivity index (χ0) is 79.6. The molecule has 0 amide bonds. The van der Waals surface area contributed by atoms with Gasteiger partial charge in [0, 0.05) is 20.6 Å². The second-order valence-electron chi connectivity index (χ2n) is 23.1. The van der Waals surface area contributed by atoms with Gasteiger partial charge in [-0.2, -0.15) is 0 Å². The van der Waals surface area contributed by atoms with Crippen LogP contribution in [0.1, 0.15) is 369 Å². The summed E-state index contributed by atoms with van der Waals surface area (Å²) in [6.07, 6.45) is 8.03. The Labute approximate surface area is 637 Å². The molecule has 6 nitrogen and oxygen atoms in total. The van der Waals surface area contributed by atoms with Crippen molar-refractivity contribution >= 4 is 39.1 Å². The molecule has 7 atom stereocenters. The number of rotatable bonds is 20. The highest BCUT2D eigenvalue weighted by Crippen LogP contribution is 2.27. The quantitative estimate of drug-likeness (QED) is 0.0657. The van der Waals surface area contributed by atoms with Crippen molar-refractivity contribution in [2.45, 2.75) is 314 Å². The zero-order valence-corrected chi connectivity index (χ0v) is 72.8. The molecule has 7 rings (SSSR count). The molecule has 0 saturated carbocycles. The van der Waals surface area contributed by atoms with Crippen LogP contribution in [0.5, 0.6) is 5.75 Å². The van der Waals surface area contributed by atoms with Crippen LogP contribution in [-0.4, -0.2) is 40.6 Å². The Bertz CT molecular complexity index is 3010. The second kappa shape index (κ2) is 72.7. The van der Waals surface area contributed by atoms with Gasteiger partial charge in [-0.05, 0) is 211 Å². The summed E-state index contributed by atoms with van der Waals surface area (Å²) in [7, 11) is 1.71. The lowest BCUT2D eigenvalue weighted by Gasteiger charge is -2.11. The molecular formula is C93H152BrClO6. The molecule has 0 saturated heterocycles. The molecule has 0 aromatic heterocycles. The van der Waals surface area contributed by atoms with Crippen molar-refractivity contribution in [1.29, 1.82) is 0 Å². The van der Waals surface area contributed by atoms with Crippen LogP contribution in [-0.2, 0) is 13.2 Å². The molecule has 8 heteroatoms. The van der Waals surface area contributed by atoms with Gasteiger partial charge in [0.2, 0.25) is 0 Å². The number of ketones is 2. The summed E-state index contributed by atoms with van der Waals surface area (Å²) in [5.74, 6) is 5.06. The van der Waals surface area contributed by atoms with Crippen LogP contribution in [0.3, 0.4) is 0 Å². The van der Waals surface area contributed by atoms with Crippen LogP contribution < -0.4 is 4.74 Å². The monoisotopic (exact) mass is 1480 g/mol. The number of hydrogen-bond acceptors (Lipinski definition) is 6. The maximum atomic E-state index is 11.2. The third kappa shape index (κ3) is 48.8. The third-order valence-corrected chi connectivity index (χ3v) is 17.5. The van der Waals surface area contributed by atoms with Gasteiger partial charge in [0.15, 0.2) is 11.6 Å². The number of carbonyl (C=O) groups excluding carboxylic acids is 2. The van der Waals surface area contributed by atoms with E-state index in [1.807, 2.05) is 165 Å². The van der Waals surface area contributed by atoms with Crippen molar-refractivity contribution in [3.63, 3.8) is 0 Å². The average molecular weight is 1480 g/mol. The van der Waals surface area contributed by atoms with E-state index in [9.17, 15) is 9.59 Å². The number of benzene rings is 7. The first kappa shape index (κ1) is 109. The highest BCUT2D eigenvalue weighted by atomic mass is 79.9. The minimum Gasteiger partial charge on any atom is -0.496 e. The van der Waals surface area contributed by atoms with Gasteiger partial charge in [0.1, 0.15) is 12.4 Å². The summed E-state index contributed by atoms with van der Waals surface area (Å²) in [6.45, 7) is 64.3. The Kier molecular flexibility index (Phi) is 78.2. The summed E-state index contributed by atoms with van der Waals surface area (Å²) in [5.41, 5.74) is 15.1. The highest BCUT2D eigenvalue weighted by molar-refractivity contribution is 9.10. The molecule has 0 heterocycles. The van der Waals surface area contributed by atoms with Gasteiger partial charge in [0.05, 0.1) is 20.3 Å². The largest absolute Gasteiger partial charge is 0.496 e. The Balaban J connectivity index is -0.000000198. The molecule has 101 heavy (non-hydrogen) atoms. The van der Waals surface area contributed by atoms with Crippen molar-refractivity contribution in [2.24, 2.45) is 0 Å². The van der Waals surface area contributed by atoms with E-state index in [0.29, 0.717) is 47.0 Å². The summed E-state index contributed by atoms with van der Waals surface area (Å²) in [6, 6.07) is 52.9.